The molecule has 28 heavy (non-hydrogen) atoms. The summed E-state index contributed by atoms with van der Waals surface area (Å²) in [5.41, 5.74) is 1.23. The van der Waals surface area contributed by atoms with Gasteiger partial charge in [-0.15, -0.1) is 0 Å². The standard InChI is InChI=1S/C23H18ClNO2S/c1-23(15-6-4-3-5-7-15)21(26)19-14-16(24)8-13-20(19)25-22(23)28-18-11-9-17(27-2)10-12-18/h3-14H,1-2H3. The highest BCUT2D eigenvalue weighted by molar-refractivity contribution is 8.14. The average molecular weight is 408 g/mol. The summed E-state index contributed by atoms with van der Waals surface area (Å²) in [5, 5.41) is 1.27. The van der Waals surface area contributed by atoms with E-state index in [0.717, 1.165) is 21.3 Å². The Morgan fingerprint density at radius 1 is 1.00 bits per heavy atom. The van der Waals surface area contributed by atoms with Gasteiger partial charge in [0.05, 0.1) is 17.8 Å². The number of ether oxygens (including phenoxy) is 1. The van der Waals surface area contributed by atoms with E-state index in [2.05, 4.69) is 0 Å². The highest BCUT2D eigenvalue weighted by atomic mass is 35.5. The number of hydrogen-bond acceptors (Lipinski definition) is 4. The molecule has 1 aliphatic heterocycles. The number of rotatable bonds is 3. The number of nitrogens with zero attached hydrogens (tertiary/aromatic N) is 1. The molecule has 0 radical (unpaired) electrons. The number of aliphatic imine (C=N–C) groups is 1. The van der Waals surface area contributed by atoms with Crippen LogP contribution in [0.15, 0.2) is 82.7 Å². The largest absolute Gasteiger partial charge is 0.497 e. The number of thioether (sulfide) groups is 1. The fourth-order valence-corrected chi connectivity index (χ4v) is 4.51. The summed E-state index contributed by atoms with van der Waals surface area (Å²) in [4.78, 5) is 19.5. The highest BCUT2D eigenvalue weighted by Gasteiger charge is 2.45. The maximum absolute atomic E-state index is 13.6. The van der Waals surface area contributed by atoms with Gasteiger partial charge >= 0.3 is 0 Å². The smallest absolute Gasteiger partial charge is 0.181 e. The lowest BCUT2D eigenvalue weighted by Crippen LogP contribution is -2.41. The Balaban J connectivity index is 1.85. The number of fused-ring (bicyclic) bond motifs is 1. The molecule has 4 rings (SSSR count). The average Bonchev–Trinajstić information content (AvgIpc) is 2.73. The molecule has 3 aromatic carbocycles. The SMILES string of the molecule is COc1ccc(SC2=Nc3ccc(Cl)cc3C(=O)C2(C)c2ccccc2)cc1. The van der Waals surface area contributed by atoms with Gasteiger partial charge in [0.1, 0.15) is 11.2 Å². The first-order chi connectivity index (χ1) is 13.5. The van der Waals surface area contributed by atoms with Crippen LogP contribution < -0.4 is 4.74 Å². The summed E-state index contributed by atoms with van der Waals surface area (Å²) in [7, 11) is 1.64. The molecule has 1 heterocycles. The van der Waals surface area contributed by atoms with E-state index in [-0.39, 0.29) is 5.78 Å². The molecule has 0 aliphatic carbocycles. The van der Waals surface area contributed by atoms with Gasteiger partial charge in [-0.3, -0.25) is 4.79 Å². The van der Waals surface area contributed by atoms with E-state index in [1.54, 1.807) is 25.3 Å². The number of methoxy groups -OCH3 is 1. The fourth-order valence-electron chi connectivity index (χ4n) is 3.28. The molecule has 0 spiro atoms. The summed E-state index contributed by atoms with van der Waals surface area (Å²) in [6, 6.07) is 22.8. The van der Waals surface area contributed by atoms with E-state index in [1.807, 2.05) is 61.5 Å². The zero-order chi connectivity index (χ0) is 19.7. The monoisotopic (exact) mass is 407 g/mol. The third-order valence-corrected chi connectivity index (χ3v) is 6.37. The van der Waals surface area contributed by atoms with Crippen molar-refractivity contribution in [2.75, 3.05) is 7.11 Å². The first kappa shape index (κ1) is 18.8. The number of carbonyl (C=O) groups is 1. The van der Waals surface area contributed by atoms with Crippen molar-refractivity contribution in [3.05, 3.63) is 88.9 Å². The molecule has 0 bridgehead atoms. The van der Waals surface area contributed by atoms with Gasteiger partial charge in [-0.25, -0.2) is 4.99 Å². The second-order valence-electron chi connectivity index (χ2n) is 6.68. The predicted molar refractivity (Wildman–Crippen MR) is 116 cm³/mol. The van der Waals surface area contributed by atoms with Crippen molar-refractivity contribution in [3.8, 4) is 5.75 Å². The van der Waals surface area contributed by atoms with E-state index in [0.29, 0.717) is 16.3 Å². The first-order valence-electron chi connectivity index (χ1n) is 8.83. The van der Waals surface area contributed by atoms with Crippen molar-refractivity contribution in [2.24, 2.45) is 4.99 Å². The van der Waals surface area contributed by atoms with E-state index in [9.17, 15) is 4.79 Å². The van der Waals surface area contributed by atoms with E-state index in [1.165, 1.54) is 11.8 Å². The quantitative estimate of drug-likeness (QED) is 0.509. The van der Waals surface area contributed by atoms with Crippen molar-refractivity contribution in [1.82, 2.24) is 0 Å². The summed E-state index contributed by atoms with van der Waals surface area (Å²) in [5.74, 6) is 0.791. The molecular formula is C23H18ClNO2S. The Kier molecular flexibility index (Phi) is 5.00. The number of ketones is 1. The van der Waals surface area contributed by atoms with Gasteiger partial charge in [0.2, 0.25) is 0 Å². The second-order valence-corrected chi connectivity index (χ2v) is 8.17. The van der Waals surface area contributed by atoms with E-state index in [4.69, 9.17) is 21.3 Å². The van der Waals surface area contributed by atoms with Crippen LogP contribution in [0.5, 0.6) is 5.75 Å². The molecule has 0 aromatic heterocycles. The lowest BCUT2D eigenvalue weighted by molar-refractivity contribution is 0.0938. The predicted octanol–water partition coefficient (Wildman–Crippen LogP) is 6.33. The van der Waals surface area contributed by atoms with Crippen LogP contribution in [0.1, 0.15) is 22.8 Å². The first-order valence-corrected chi connectivity index (χ1v) is 10.0. The van der Waals surface area contributed by atoms with Crippen LogP contribution >= 0.6 is 23.4 Å². The zero-order valence-corrected chi connectivity index (χ0v) is 17.1. The number of carbonyl (C=O) groups excluding carboxylic acids is 1. The van der Waals surface area contributed by atoms with Crippen molar-refractivity contribution in [1.29, 1.82) is 0 Å². The fraction of sp³-hybridized carbons (Fsp3) is 0.130. The van der Waals surface area contributed by atoms with E-state index < -0.39 is 5.41 Å². The molecule has 0 N–H and O–H groups in total. The Hall–Kier alpha value is -2.56. The third kappa shape index (κ3) is 3.23. The molecule has 0 saturated carbocycles. The van der Waals surface area contributed by atoms with Crippen molar-refractivity contribution >= 4 is 39.9 Å². The van der Waals surface area contributed by atoms with Crippen LogP contribution in [0.3, 0.4) is 0 Å². The van der Waals surface area contributed by atoms with Crippen LogP contribution in [-0.2, 0) is 5.41 Å². The van der Waals surface area contributed by atoms with Crippen molar-refractivity contribution in [3.63, 3.8) is 0 Å². The normalized spacial score (nSPS) is 18.4. The third-order valence-electron chi connectivity index (χ3n) is 4.93. The van der Waals surface area contributed by atoms with Crippen LogP contribution in [0.4, 0.5) is 5.69 Å². The van der Waals surface area contributed by atoms with E-state index >= 15 is 0 Å². The molecule has 5 heteroatoms. The number of hydrogen-bond donors (Lipinski definition) is 0. The topological polar surface area (TPSA) is 38.7 Å². The molecule has 3 nitrogen and oxygen atoms in total. The van der Waals surface area contributed by atoms with Gasteiger partial charge in [-0.1, -0.05) is 53.7 Å². The summed E-state index contributed by atoms with van der Waals surface area (Å²) < 4.78 is 5.24. The molecule has 0 amide bonds. The lowest BCUT2D eigenvalue weighted by Gasteiger charge is -2.33. The minimum atomic E-state index is -0.885. The highest BCUT2D eigenvalue weighted by Crippen LogP contribution is 2.44. The number of Topliss-reactive ketones (excluding diaryl/α,β-unsaturated/α-hetero) is 1. The molecule has 0 fully saturated rings. The van der Waals surface area contributed by atoms with Crippen LogP contribution in [0.25, 0.3) is 0 Å². The van der Waals surface area contributed by atoms with Crippen molar-refractivity contribution < 1.29 is 9.53 Å². The molecule has 1 unspecified atom stereocenters. The Morgan fingerprint density at radius 3 is 2.39 bits per heavy atom. The molecule has 140 valence electrons. The molecule has 0 saturated heterocycles. The molecule has 1 atom stereocenters. The summed E-state index contributed by atoms with van der Waals surface area (Å²) in [6.45, 7) is 1.93. The van der Waals surface area contributed by atoms with Gasteiger partial charge in [0, 0.05) is 15.5 Å². The Labute approximate surface area is 173 Å². The summed E-state index contributed by atoms with van der Waals surface area (Å²) in [6.07, 6.45) is 0. The van der Waals surface area contributed by atoms with Crippen LogP contribution in [0.2, 0.25) is 5.02 Å². The summed E-state index contributed by atoms with van der Waals surface area (Å²) >= 11 is 7.66. The molecule has 1 aliphatic rings. The van der Waals surface area contributed by atoms with Gasteiger partial charge in [0.15, 0.2) is 5.78 Å². The van der Waals surface area contributed by atoms with Gasteiger partial charge in [-0.2, -0.15) is 0 Å². The maximum atomic E-state index is 13.6. The van der Waals surface area contributed by atoms with Crippen LogP contribution in [-0.4, -0.2) is 17.9 Å². The minimum absolute atomic E-state index is 0.00205. The molecular weight excluding hydrogens is 390 g/mol. The Bertz CT molecular complexity index is 1060. The number of halogens is 1. The lowest BCUT2D eigenvalue weighted by atomic mass is 9.75. The second kappa shape index (κ2) is 7.46. The van der Waals surface area contributed by atoms with Gasteiger partial charge < -0.3 is 4.74 Å². The maximum Gasteiger partial charge on any atom is 0.181 e. The number of benzene rings is 3. The molecule has 3 aromatic rings. The zero-order valence-electron chi connectivity index (χ0n) is 15.5. The van der Waals surface area contributed by atoms with Gasteiger partial charge in [0.25, 0.3) is 0 Å². The van der Waals surface area contributed by atoms with Gasteiger partial charge in [-0.05, 0) is 55.0 Å². The Morgan fingerprint density at radius 2 is 1.71 bits per heavy atom. The minimum Gasteiger partial charge on any atom is -0.497 e. The van der Waals surface area contributed by atoms with Crippen LogP contribution in [0, 0.1) is 0 Å². The van der Waals surface area contributed by atoms with Crippen molar-refractivity contribution in [2.45, 2.75) is 17.2 Å².